The van der Waals surface area contributed by atoms with E-state index in [1.807, 2.05) is 13.0 Å². The molecule has 1 fully saturated rings. The predicted octanol–water partition coefficient (Wildman–Crippen LogP) is 0.375. The molecule has 1 saturated heterocycles. The normalized spacial score (nSPS) is 15.4. The van der Waals surface area contributed by atoms with Crippen LogP contribution in [0.25, 0.3) is 0 Å². The van der Waals surface area contributed by atoms with Gasteiger partial charge < -0.3 is 20.7 Å². The molecule has 0 unspecified atom stereocenters. The van der Waals surface area contributed by atoms with Crippen LogP contribution >= 0.6 is 0 Å². The maximum atomic E-state index is 11.9. The number of nitrogens with one attached hydrogen (secondary N) is 1. The van der Waals surface area contributed by atoms with E-state index in [2.05, 4.69) is 5.32 Å². The van der Waals surface area contributed by atoms with E-state index in [-0.39, 0.29) is 25.0 Å². The molecule has 102 valence electrons. The van der Waals surface area contributed by atoms with Gasteiger partial charge in [-0.25, -0.2) is 0 Å². The summed E-state index contributed by atoms with van der Waals surface area (Å²) in [5.41, 5.74) is 7.92. The molecule has 0 atom stereocenters. The zero-order chi connectivity index (χ0) is 13.8. The summed E-state index contributed by atoms with van der Waals surface area (Å²) >= 11 is 0. The minimum absolute atomic E-state index is 0.0233. The molecule has 1 heterocycles. The number of hydrogen-bond donors (Lipinski definition) is 2. The number of morpholine rings is 1. The van der Waals surface area contributed by atoms with E-state index in [0.717, 1.165) is 5.56 Å². The smallest absolute Gasteiger partial charge is 0.249 e. The van der Waals surface area contributed by atoms with Gasteiger partial charge in [0.15, 0.2) is 0 Å². The van der Waals surface area contributed by atoms with Gasteiger partial charge >= 0.3 is 0 Å². The highest BCUT2D eigenvalue weighted by atomic mass is 16.5. The summed E-state index contributed by atoms with van der Waals surface area (Å²) in [6.07, 6.45) is 0. The van der Waals surface area contributed by atoms with Crippen molar-refractivity contribution in [3.63, 3.8) is 0 Å². The lowest BCUT2D eigenvalue weighted by Crippen LogP contribution is -2.45. The molecule has 3 N–H and O–H groups in total. The molecule has 0 aromatic heterocycles. The summed E-state index contributed by atoms with van der Waals surface area (Å²) in [4.78, 5) is 24.8. The molecule has 2 amide bonds. The number of aryl methyl sites for hydroxylation is 1. The molecule has 2 rings (SSSR count). The molecular formula is C13H17N3O3. The monoisotopic (exact) mass is 263 g/mol. The second-order valence-electron chi connectivity index (χ2n) is 4.51. The molecule has 0 spiro atoms. The van der Waals surface area contributed by atoms with Crippen molar-refractivity contribution in [3.05, 3.63) is 23.8 Å². The van der Waals surface area contributed by atoms with Gasteiger partial charge in [0.2, 0.25) is 11.8 Å². The first-order chi connectivity index (χ1) is 9.06. The van der Waals surface area contributed by atoms with Gasteiger partial charge in [0.1, 0.15) is 13.2 Å². The number of rotatable bonds is 3. The average molecular weight is 263 g/mol. The number of nitrogen functional groups attached to an aromatic ring is 1. The Balaban J connectivity index is 1.95. The largest absolute Gasteiger partial charge is 0.397 e. The molecule has 6 heteroatoms. The Morgan fingerprint density at radius 1 is 1.53 bits per heavy atom. The van der Waals surface area contributed by atoms with Crippen LogP contribution in [0.2, 0.25) is 0 Å². The third kappa shape index (κ3) is 3.45. The van der Waals surface area contributed by atoms with Crippen molar-refractivity contribution in [1.29, 1.82) is 0 Å². The van der Waals surface area contributed by atoms with Crippen LogP contribution < -0.4 is 11.1 Å². The van der Waals surface area contributed by atoms with Crippen LogP contribution in [0, 0.1) is 6.92 Å². The SMILES string of the molecule is Cc1ccc(NC(=O)CN2CCOCC2=O)c(N)c1. The zero-order valence-corrected chi connectivity index (χ0v) is 10.8. The molecule has 1 aliphatic heterocycles. The summed E-state index contributed by atoms with van der Waals surface area (Å²) in [6, 6.07) is 5.41. The Hall–Kier alpha value is -2.08. The number of nitrogens with two attached hydrogens (primary N) is 1. The molecule has 1 aliphatic rings. The Morgan fingerprint density at radius 3 is 3.00 bits per heavy atom. The predicted molar refractivity (Wildman–Crippen MR) is 71.6 cm³/mol. The first-order valence-corrected chi connectivity index (χ1v) is 6.08. The van der Waals surface area contributed by atoms with Gasteiger partial charge in [0.05, 0.1) is 18.0 Å². The van der Waals surface area contributed by atoms with Gasteiger partial charge in [0.25, 0.3) is 0 Å². The van der Waals surface area contributed by atoms with Crippen molar-refractivity contribution in [1.82, 2.24) is 4.90 Å². The van der Waals surface area contributed by atoms with Crippen molar-refractivity contribution < 1.29 is 14.3 Å². The van der Waals surface area contributed by atoms with Gasteiger partial charge in [-0.3, -0.25) is 9.59 Å². The molecular weight excluding hydrogens is 246 g/mol. The number of amides is 2. The number of hydrogen-bond acceptors (Lipinski definition) is 4. The fourth-order valence-corrected chi connectivity index (χ4v) is 1.88. The fraction of sp³-hybridized carbons (Fsp3) is 0.385. The minimum Gasteiger partial charge on any atom is -0.397 e. The fourth-order valence-electron chi connectivity index (χ4n) is 1.88. The van der Waals surface area contributed by atoms with Crippen molar-refractivity contribution in [2.45, 2.75) is 6.92 Å². The molecule has 0 saturated carbocycles. The lowest BCUT2D eigenvalue weighted by molar-refractivity contribution is -0.144. The van der Waals surface area contributed by atoms with Crippen molar-refractivity contribution in [3.8, 4) is 0 Å². The first kappa shape index (κ1) is 13.4. The van der Waals surface area contributed by atoms with Gasteiger partial charge in [0, 0.05) is 6.54 Å². The highest BCUT2D eigenvalue weighted by molar-refractivity contribution is 5.97. The Labute approximate surface area is 111 Å². The number of carbonyl (C=O) groups is 2. The number of anilines is 2. The van der Waals surface area contributed by atoms with Gasteiger partial charge in [-0.1, -0.05) is 6.07 Å². The van der Waals surface area contributed by atoms with Crippen LogP contribution in [-0.4, -0.2) is 43.0 Å². The Morgan fingerprint density at radius 2 is 2.32 bits per heavy atom. The molecule has 6 nitrogen and oxygen atoms in total. The van der Waals surface area contributed by atoms with E-state index in [1.165, 1.54) is 4.90 Å². The van der Waals surface area contributed by atoms with E-state index in [0.29, 0.717) is 24.5 Å². The third-order valence-corrected chi connectivity index (χ3v) is 2.90. The van der Waals surface area contributed by atoms with E-state index in [4.69, 9.17) is 10.5 Å². The lowest BCUT2D eigenvalue weighted by Gasteiger charge is -2.26. The number of benzene rings is 1. The highest BCUT2D eigenvalue weighted by Crippen LogP contribution is 2.19. The summed E-state index contributed by atoms with van der Waals surface area (Å²) in [5.74, 6) is -0.427. The van der Waals surface area contributed by atoms with Gasteiger partial charge in [-0.15, -0.1) is 0 Å². The summed E-state index contributed by atoms with van der Waals surface area (Å²) < 4.78 is 5.00. The number of carbonyl (C=O) groups excluding carboxylic acids is 2. The summed E-state index contributed by atoms with van der Waals surface area (Å²) in [6.45, 7) is 2.89. The minimum atomic E-state index is -0.259. The van der Waals surface area contributed by atoms with Crippen LogP contribution in [0.1, 0.15) is 5.56 Å². The van der Waals surface area contributed by atoms with E-state index < -0.39 is 0 Å². The molecule has 19 heavy (non-hydrogen) atoms. The van der Waals surface area contributed by atoms with E-state index in [1.54, 1.807) is 12.1 Å². The summed E-state index contributed by atoms with van der Waals surface area (Å²) in [7, 11) is 0. The molecule has 1 aromatic carbocycles. The summed E-state index contributed by atoms with van der Waals surface area (Å²) in [5, 5.41) is 2.71. The standard InChI is InChI=1S/C13H17N3O3/c1-9-2-3-11(10(14)6-9)15-12(17)7-16-4-5-19-8-13(16)18/h2-3,6H,4-5,7-8,14H2,1H3,(H,15,17). The average Bonchev–Trinajstić information content (AvgIpc) is 2.36. The Bertz CT molecular complexity index is 502. The molecule has 0 bridgehead atoms. The second kappa shape index (κ2) is 5.71. The number of ether oxygens (including phenoxy) is 1. The molecule has 0 aliphatic carbocycles. The number of nitrogens with zero attached hydrogens (tertiary/aromatic N) is 1. The quantitative estimate of drug-likeness (QED) is 0.772. The van der Waals surface area contributed by atoms with Crippen LogP contribution in [0.4, 0.5) is 11.4 Å². The lowest BCUT2D eigenvalue weighted by atomic mass is 10.2. The first-order valence-electron chi connectivity index (χ1n) is 6.08. The maximum absolute atomic E-state index is 11.9. The van der Waals surface area contributed by atoms with Crippen LogP contribution in [0.5, 0.6) is 0 Å². The van der Waals surface area contributed by atoms with Crippen molar-refractivity contribution in [2.75, 3.05) is 37.4 Å². The van der Waals surface area contributed by atoms with Gasteiger partial charge in [-0.2, -0.15) is 0 Å². The zero-order valence-electron chi connectivity index (χ0n) is 10.8. The van der Waals surface area contributed by atoms with Crippen LogP contribution in [0.15, 0.2) is 18.2 Å². The van der Waals surface area contributed by atoms with E-state index >= 15 is 0 Å². The van der Waals surface area contributed by atoms with E-state index in [9.17, 15) is 9.59 Å². The second-order valence-corrected chi connectivity index (χ2v) is 4.51. The Kier molecular flexibility index (Phi) is 4.01. The highest BCUT2D eigenvalue weighted by Gasteiger charge is 2.21. The molecule has 0 radical (unpaired) electrons. The van der Waals surface area contributed by atoms with Crippen LogP contribution in [0.3, 0.4) is 0 Å². The van der Waals surface area contributed by atoms with Crippen molar-refractivity contribution >= 4 is 23.2 Å². The van der Waals surface area contributed by atoms with Crippen molar-refractivity contribution in [2.24, 2.45) is 0 Å². The maximum Gasteiger partial charge on any atom is 0.249 e. The third-order valence-electron chi connectivity index (χ3n) is 2.90. The topological polar surface area (TPSA) is 84.7 Å². The molecule has 1 aromatic rings. The van der Waals surface area contributed by atoms with Crippen LogP contribution in [-0.2, 0) is 14.3 Å². The van der Waals surface area contributed by atoms with Gasteiger partial charge in [-0.05, 0) is 24.6 Å².